The van der Waals surface area contributed by atoms with Crippen LogP contribution >= 0.6 is 11.3 Å². The summed E-state index contributed by atoms with van der Waals surface area (Å²) in [4.78, 5) is 31.7. The molecular weight excluding hydrogens is 578 g/mol. The Morgan fingerprint density at radius 3 is 2.57 bits per heavy atom. The molecule has 1 atom stereocenters. The Bertz CT molecular complexity index is 1690. The minimum Gasteiger partial charge on any atom is -0.493 e. The van der Waals surface area contributed by atoms with Gasteiger partial charge in [0.05, 0.1) is 27.8 Å². The molecule has 0 bridgehead atoms. The highest BCUT2D eigenvalue weighted by Gasteiger charge is 2.25. The van der Waals surface area contributed by atoms with Gasteiger partial charge in [-0.05, 0) is 54.8 Å². The van der Waals surface area contributed by atoms with Gasteiger partial charge in [-0.1, -0.05) is 41.6 Å². The Morgan fingerprint density at radius 1 is 1.05 bits per heavy atom. The summed E-state index contributed by atoms with van der Waals surface area (Å²) in [6, 6.07) is 20.0. The van der Waals surface area contributed by atoms with Crippen molar-refractivity contribution in [3.63, 3.8) is 0 Å². The first-order chi connectivity index (χ1) is 20.1. The van der Waals surface area contributed by atoms with Gasteiger partial charge in [0.2, 0.25) is 15.9 Å². The minimum atomic E-state index is -3.89. The first-order valence-corrected chi connectivity index (χ1v) is 15.4. The number of amidine groups is 1. The molecule has 4 aromatic rings. The molecule has 3 aromatic carbocycles. The molecule has 4 N–H and O–H groups in total. The third kappa shape index (κ3) is 8.59. The van der Waals surface area contributed by atoms with E-state index in [4.69, 9.17) is 15.5 Å². The van der Waals surface area contributed by atoms with Crippen LogP contribution in [0.4, 0.5) is 0 Å². The molecular formula is C29H31N5O6S2. The van der Waals surface area contributed by atoms with Crippen LogP contribution in [0.1, 0.15) is 42.4 Å². The monoisotopic (exact) mass is 609 g/mol. The van der Waals surface area contributed by atoms with Crippen molar-refractivity contribution in [1.29, 1.82) is 0 Å². The lowest BCUT2D eigenvalue weighted by molar-refractivity contribution is -0.140. The number of carbonyl (C=O) groups is 2. The van der Waals surface area contributed by atoms with Crippen molar-refractivity contribution < 1.29 is 27.6 Å². The highest BCUT2D eigenvalue weighted by molar-refractivity contribution is 7.89. The number of hydrogen-bond acceptors (Lipinski definition) is 9. The zero-order chi connectivity index (χ0) is 30.1. The standard InChI is InChI=1S/C29H31N5O6S2/c1-19(35)31-14-7-15-39-23-12-13-25-27(18-23)41-29(32-25)26(34-42(37,38)24-10-4-3-5-11-24)17-21-8-6-9-22(16-21)28(30)33-40-20(2)36/h3-6,8-13,16,18,26,34H,7,14-15,17H2,1-2H3,(H2,30,33)(H,31,35). The number of oxime groups is 1. The van der Waals surface area contributed by atoms with Crippen LogP contribution in [-0.2, 0) is 30.9 Å². The van der Waals surface area contributed by atoms with Crippen molar-refractivity contribution in [3.8, 4) is 5.75 Å². The number of benzene rings is 3. The van der Waals surface area contributed by atoms with Gasteiger partial charge in [0.1, 0.15) is 10.8 Å². The lowest BCUT2D eigenvalue weighted by Crippen LogP contribution is -2.30. The first-order valence-electron chi connectivity index (χ1n) is 13.1. The zero-order valence-electron chi connectivity index (χ0n) is 23.1. The lowest BCUT2D eigenvalue weighted by atomic mass is 10.0. The average molecular weight is 610 g/mol. The van der Waals surface area contributed by atoms with Gasteiger partial charge in [0, 0.05) is 26.0 Å². The summed E-state index contributed by atoms with van der Waals surface area (Å²) in [5, 5.41) is 6.94. The Morgan fingerprint density at radius 2 is 1.83 bits per heavy atom. The quantitative estimate of drug-likeness (QED) is 0.0680. The maximum absolute atomic E-state index is 13.3. The van der Waals surface area contributed by atoms with Gasteiger partial charge in [-0.25, -0.2) is 22.9 Å². The lowest BCUT2D eigenvalue weighted by Gasteiger charge is -2.17. The SMILES string of the molecule is CC(=O)NCCCOc1ccc2nc(C(Cc3cccc(C(N)=NOC(C)=O)c3)NS(=O)(=O)c3ccccc3)sc2c1. The fourth-order valence-electron chi connectivity index (χ4n) is 3.98. The summed E-state index contributed by atoms with van der Waals surface area (Å²) >= 11 is 1.36. The highest BCUT2D eigenvalue weighted by Crippen LogP contribution is 2.32. The second-order valence-corrected chi connectivity index (χ2v) is 12.1. The van der Waals surface area contributed by atoms with Gasteiger partial charge in [-0.3, -0.25) is 4.79 Å². The highest BCUT2D eigenvalue weighted by atomic mass is 32.2. The molecule has 1 unspecified atom stereocenters. The van der Waals surface area contributed by atoms with Crippen molar-refractivity contribution in [1.82, 2.24) is 15.0 Å². The van der Waals surface area contributed by atoms with Crippen LogP contribution in [0.25, 0.3) is 10.2 Å². The normalized spacial score (nSPS) is 12.6. The van der Waals surface area contributed by atoms with Crippen LogP contribution in [0, 0.1) is 0 Å². The van der Waals surface area contributed by atoms with Gasteiger partial charge >= 0.3 is 5.97 Å². The second-order valence-electron chi connectivity index (χ2n) is 9.32. The maximum atomic E-state index is 13.3. The molecule has 0 aliphatic heterocycles. The Kier molecular flexibility index (Phi) is 10.2. The number of ether oxygens (including phenoxy) is 1. The van der Waals surface area contributed by atoms with Crippen LogP contribution in [-0.4, -0.2) is 44.3 Å². The van der Waals surface area contributed by atoms with Gasteiger partial charge in [0.15, 0.2) is 5.84 Å². The summed E-state index contributed by atoms with van der Waals surface area (Å²) in [5.74, 6) is -0.0227. The molecule has 1 amide bonds. The zero-order valence-corrected chi connectivity index (χ0v) is 24.7. The number of carbonyl (C=O) groups excluding carboxylic acids is 2. The number of nitrogens with one attached hydrogen (secondary N) is 2. The Hall–Kier alpha value is -4.33. The smallest absolute Gasteiger partial charge is 0.332 e. The number of fused-ring (bicyclic) bond motifs is 1. The van der Waals surface area contributed by atoms with Gasteiger partial charge < -0.3 is 20.6 Å². The van der Waals surface area contributed by atoms with Crippen molar-refractivity contribution >= 4 is 49.3 Å². The topological polar surface area (TPSA) is 162 Å². The van der Waals surface area contributed by atoms with E-state index in [2.05, 4.69) is 20.0 Å². The summed E-state index contributed by atoms with van der Waals surface area (Å²) in [5.41, 5.74) is 7.96. The molecule has 11 nitrogen and oxygen atoms in total. The molecule has 0 spiro atoms. The maximum Gasteiger partial charge on any atom is 0.332 e. The third-order valence-corrected chi connectivity index (χ3v) is 8.54. The predicted octanol–water partition coefficient (Wildman–Crippen LogP) is 3.65. The minimum absolute atomic E-state index is 0.0121. The van der Waals surface area contributed by atoms with Crippen LogP contribution in [0.2, 0.25) is 0 Å². The number of hydrogen-bond donors (Lipinski definition) is 3. The van der Waals surface area contributed by atoms with E-state index in [0.717, 1.165) is 10.3 Å². The molecule has 0 aliphatic carbocycles. The largest absolute Gasteiger partial charge is 0.493 e. The number of thiazole rings is 1. The first kappa shape index (κ1) is 30.6. The molecule has 0 saturated carbocycles. The van der Waals surface area contributed by atoms with Crippen LogP contribution in [0.5, 0.6) is 5.75 Å². The van der Waals surface area contributed by atoms with Gasteiger partial charge in [-0.15, -0.1) is 11.3 Å². The molecule has 0 saturated heterocycles. The molecule has 1 heterocycles. The molecule has 13 heteroatoms. The van der Waals surface area contributed by atoms with E-state index in [1.807, 2.05) is 24.3 Å². The average Bonchev–Trinajstić information content (AvgIpc) is 3.39. The molecule has 1 aromatic heterocycles. The predicted molar refractivity (Wildman–Crippen MR) is 161 cm³/mol. The number of sulfonamides is 1. The second kappa shape index (κ2) is 14.0. The fourth-order valence-corrected chi connectivity index (χ4v) is 6.32. The van der Waals surface area contributed by atoms with Crippen molar-refractivity contribution in [2.24, 2.45) is 10.9 Å². The summed E-state index contributed by atoms with van der Waals surface area (Å²) in [6.07, 6.45) is 0.914. The molecule has 42 heavy (non-hydrogen) atoms. The molecule has 0 radical (unpaired) electrons. The van der Waals surface area contributed by atoms with E-state index in [1.165, 1.54) is 37.3 Å². The summed E-state index contributed by atoms with van der Waals surface area (Å²) < 4.78 is 36.2. The van der Waals surface area contributed by atoms with E-state index in [-0.39, 0.29) is 23.1 Å². The fraction of sp³-hybridized carbons (Fsp3) is 0.241. The Labute approximate surface area is 247 Å². The number of nitrogens with two attached hydrogens (primary N) is 1. The van der Waals surface area contributed by atoms with Crippen molar-refractivity contribution in [2.75, 3.05) is 13.2 Å². The molecule has 0 aliphatic rings. The summed E-state index contributed by atoms with van der Waals surface area (Å²) in [7, 11) is -3.89. The van der Waals surface area contributed by atoms with E-state index in [1.54, 1.807) is 36.4 Å². The van der Waals surface area contributed by atoms with Gasteiger partial charge in [-0.2, -0.15) is 0 Å². The molecule has 220 valence electrons. The van der Waals surface area contributed by atoms with Crippen LogP contribution in [0.3, 0.4) is 0 Å². The van der Waals surface area contributed by atoms with E-state index >= 15 is 0 Å². The van der Waals surface area contributed by atoms with Gasteiger partial charge in [0.25, 0.3) is 0 Å². The third-order valence-electron chi connectivity index (χ3n) is 5.92. The van der Waals surface area contributed by atoms with Crippen molar-refractivity contribution in [3.05, 3.63) is 88.9 Å². The number of aromatic nitrogens is 1. The molecule has 4 rings (SSSR count). The van der Waals surface area contributed by atoms with Crippen LogP contribution in [0.15, 0.2) is 82.8 Å². The number of nitrogens with zero attached hydrogens (tertiary/aromatic N) is 2. The molecule has 0 fully saturated rings. The van der Waals surface area contributed by atoms with E-state index < -0.39 is 22.0 Å². The number of amides is 1. The van der Waals surface area contributed by atoms with E-state index in [0.29, 0.717) is 41.4 Å². The van der Waals surface area contributed by atoms with Crippen LogP contribution < -0.4 is 20.5 Å². The summed E-state index contributed by atoms with van der Waals surface area (Å²) in [6.45, 7) is 3.64. The van der Waals surface area contributed by atoms with Crippen molar-refractivity contribution in [2.45, 2.75) is 37.6 Å². The Balaban J connectivity index is 1.61. The van der Waals surface area contributed by atoms with E-state index in [9.17, 15) is 18.0 Å². The number of rotatable bonds is 13.